The maximum Gasteiger partial charge on any atom is 0.273 e. The highest BCUT2D eigenvalue weighted by molar-refractivity contribution is 5.92. The molecule has 1 fully saturated rings. The number of aromatic nitrogens is 3. The number of carbonyl (C=O) groups excluding carboxylic acids is 1. The molecule has 0 radical (unpaired) electrons. The third-order valence-corrected chi connectivity index (χ3v) is 4.10. The van der Waals surface area contributed by atoms with Crippen molar-refractivity contribution in [1.82, 2.24) is 30.5 Å². The maximum absolute atomic E-state index is 12.5. The van der Waals surface area contributed by atoms with Gasteiger partial charge >= 0.3 is 0 Å². The highest BCUT2D eigenvalue weighted by atomic mass is 16.2. The minimum atomic E-state index is -0.127. The van der Waals surface area contributed by atoms with Crippen molar-refractivity contribution in [2.24, 2.45) is 5.92 Å². The van der Waals surface area contributed by atoms with Crippen molar-refractivity contribution in [2.45, 2.75) is 45.2 Å². The van der Waals surface area contributed by atoms with Gasteiger partial charge in [-0.2, -0.15) is 0 Å². The summed E-state index contributed by atoms with van der Waals surface area (Å²) < 4.78 is 1.85. The second-order valence-corrected chi connectivity index (χ2v) is 7.13. The predicted octanol–water partition coefficient (Wildman–Crippen LogP) is 0.909. The Labute approximate surface area is 138 Å². The number of hydrogen-bond acceptors (Lipinski definition) is 5. The summed E-state index contributed by atoms with van der Waals surface area (Å²) in [6.45, 7) is 7.15. The first kappa shape index (κ1) is 17.9. The minimum Gasteiger partial charge on any atom is -0.347 e. The van der Waals surface area contributed by atoms with Gasteiger partial charge in [0, 0.05) is 12.6 Å². The number of piperidine rings is 1. The zero-order valence-corrected chi connectivity index (χ0v) is 14.7. The van der Waals surface area contributed by atoms with Crippen molar-refractivity contribution in [2.75, 3.05) is 33.7 Å². The molecule has 0 spiro atoms. The standard InChI is InChI=1S/C16H30N6O/c1-12(2)9-13(10-21(3)4)18-16(23)15-11-22(20-19-15)14-5-7-17-8-6-14/h11-14,17H,5-10H2,1-4H3,(H,18,23). The molecule has 0 aromatic carbocycles. The molecule has 1 aliphatic heterocycles. The summed E-state index contributed by atoms with van der Waals surface area (Å²) in [7, 11) is 4.04. The first-order valence-corrected chi connectivity index (χ1v) is 8.54. The van der Waals surface area contributed by atoms with Crippen LogP contribution in [0.5, 0.6) is 0 Å². The molecule has 0 bridgehead atoms. The zero-order chi connectivity index (χ0) is 16.8. The molecule has 1 aromatic heterocycles. The largest absolute Gasteiger partial charge is 0.347 e. The molecule has 2 heterocycles. The number of likely N-dealkylation sites (N-methyl/N-ethyl adjacent to an activating group) is 1. The van der Waals surface area contributed by atoms with Crippen LogP contribution in [0, 0.1) is 5.92 Å². The SMILES string of the molecule is CC(C)CC(CN(C)C)NC(=O)c1cn(C2CCNCC2)nn1. The Hall–Kier alpha value is -1.47. The van der Waals surface area contributed by atoms with Crippen molar-refractivity contribution in [3.05, 3.63) is 11.9 Å². The van der Waals surface area contributed by atoms with E-state index in [0.29, 0.717) is 17.7 Å². The molecule has 7 heteroatoms. The highest BCUT2D eigenvalue weighted by Gasteiger charge is 2.21. The monoisotopic (exact) mass is 322 g/mol. The van der Waals surface area contributed by atoms with Crippen LogP contribution in [0.1, 0.15) is 49.6 Å². The molecule has 0 aliphatic carbocycles. The van der Waals surface area contributed by atoms with E-state index in [1.54, 1.807) is 6.20 Å². The van der Waals surface area contributed by atoms with Crippen LogP contribution in [0.3, 0.4) is 0 Å². The smallest absolute Gasteiger partial charge is 0.273 e. The number of rotatable bonds is 7. The fourth-order valence-corrected chi connectivity index (χ4v) is 3.08. The predicted molar refractivity (Wildman–Crippen MR) is 90.4 cm³/mol. The van der Waals surface area contributed by atoms with E-state index in [4.69, 9.17) is 0 Å². The van der Waals surface area contributed by atoms with Crippen LogP contribution >= 0.6 is 0 Å². The average Bonchev–Trinajstić information content (AvgIpc) is 2.96. The fraction of sp³-hybridized carbons (Fsp3) is 0.812. The molecule has 2 rings (SSSR count). The molecule has 2 N–H and O–H groups in total. The van der Waals surface area contributed by atoms with E-state index in [1.165, 1.54) is 0 Å². The third-order valence-electron chi connectivity index (χ3n) is 4.10. The number of nitrogens with zero attached hydrogens (tertiary/aromatic N) is 4. The Kier molecular flexibility index (Phi) is 6.53. The van der Waals surface area contributed by atoms with Crippen molar-refractivity contribution < 1.29 is 4.79 Å². The zero-order valence-electron chi connectivity index (χ0n) is 14.7. The second kappa shape index (κ2) is 8.40. The summed E-state index contributed by atoms with van der Waals surface area (Å²) in [5.41, 5.74) is 0.413. The Morgan fingerprint density at radius 1 is 1.43 bits per heavy atom. The molecule has 23 heavy (non-hydrogen) atoms. The molecular weight excluding hydrogens is 292 g/mol. The molecule has 1 aliphatic rings. The highest BCUT2D eigenvalue weighted by Crippen LogP contribution is 2.17. The van der Waals surface area contributed by atoms with Crippen molar-refractivity contribution >= 4 is 5.91 Å². The average molecular weight is 322 g/mol. The first-order chi connectivity index (χ1) is 11.0. The van der Waals surface area contributed by atoms with E-state index in [-0.39, 0.29) is 11.9 Å². The summed E-state index contributed by atoms with van der Waals surface area (Å²) in [6, 6.07) is 0.472. The Bertz CT molecular complexity index is 483. The quantitative estimate of drug-likeness (QED) is 0.780. The van der Waals surface area contributed by atoms with Crippen LogP contribution in [0.2, 0.25) is 0 Å². The van der Waals surface area contributed by atoms with Gasteiger partial charge in [0.05, 0.1) is 12.2 Å². The van der Waals surface area contributed by atoms with Gasteiger partial charge in [-0.25, -0.2) is 4.68 Å². The molecule has 1 aromatic rings. The maximum atomic E-state index is 12.5. The van der Waals surface area contributed by atoms with E-state index in [1.807, 2.05) is 18.8 Å². The van der Waals surface area contributed by atoms with Crippen LogP contribution in [0.15, 0.2) is 6.20 Å². The Morgan fingerprint density at radius 3 is 2.74 bits per heavy atom. The van der Waals surface area contributed by atoms with Gasteiger partial charge in [0.2, 0.25) is 0 Å². The van der Waals surface area contributed by atoms with E-state index in [9.17, 15) is 4.79 Å². The van der Waals surface area contributed by atoms with Gasteiger partial charge in [-0.15, -0.1) is 5.10 Å². The molecule has 1 unspecified atom stereocenters. The summed E-state index contributed by atoms with van der Waals surface area (Å²) in [5, 5.41) is 14.7. The minimum absolute atomic E-state index is 0.126. The first-order valence-electron chi connectivity index (χ1n) is 8.54. The molecule has 1 saturated heterocycles. The second-order valence-electron chi connectivity index (χ2n) is 7.13. The summed E-state index contributed by atoms with van der Waals surface area (Å²) in [6.07, 6.45) is 4.79. The van der Waals surface area contributed by atoms with Crippen molar-refractivity contribution in [3.8, 4) is 0 Å². The Balaban J connectivity index is 1.96. The third kappa shape index (κ3) is 5.58. The van der Waals surface area contributed by atoms with Crippen LogP contribution in [0.25, 0.3) is 0 Å². The van der Waals surface area contributed by atoms with E-state index >= 15 is 0 Å². The van der Waals surface area contributed by atoms with Crippen LogP contribution in [-0.4, -0.2) is 65.6 Å². The fourth-order valence-electron chi connectivity index (χ4n) is 3.08. The van der Waals surface area contributed by atoms with Gasteiger partial charge in [0.15, 0.2) is 5.69 Å². The van der Waals surface area contributed by atoms with Gasteiger partial charge in [0.1, 0.15) is 0 Å². The normalized spacial score (nSPS) is 17.7. The van der Waals surface area contributed by atoms with Crippen LogP contribution in [0.4, 0.5) is 0 Å². The molecule has 7 nitrogen and oxygen atoms in total. The number of hydrogen-bond donors (Lipinski definition) is 2. The lowest BCUT2D eigenvalue weighted by molar-refractivity contribution is 0.0919. The van der Waals surface area contributed by atoms with Crippen molar-refractivity contribution in [3.63, 3.8) is 0 Å². The van der Waals surface area contributed by atoms with E-state index < -0.39 is 0 Å². The van der Waals surface area contributed by atoms with Gasteiger partial charge in [-0.1, -0.05) is 19.1 Å². The molecular formula is C16H30N6O. The lowest BCUT2D eigenvalue weighted by atomic mass is 10.0. The van der Waals surface area contributed by atoms with Gasteiger partial charge in [0.25, 0.3) is 5.91 Å². The van der Waals surface area contributed by atoms with Gasteiger partial charge in [-0.05, 0) is 52.4 Å². The summed E-state index contributed by atoms with van der Waals surface area (Å²) in [5.74, 6) is 0.406. The lowest BCUT2D eigenvalue weighted by Crippen LogP contribution is -2.42. The molecule has 130 valence electrons. The molecule has 1 amide bonds. The molecule has 0 saturated carbocycles. The summed E-state index contributed by atoms with van der Waals surface area (Å²) in [4.78, 5) is 14.6. The van der Waals surface area contributed by atoms with Gasteiger partial charge in [-0.3, -0.25) is 4.79 Å². The van der Waals surface area contributed by atoms with Crippen LogP contribution in [-0.2, 0) is 0 Å². The van der Waals surface area contributed by atoms with Crippen LogP contribution < -0.4 is 10.6 Å². The number of carbonyl (C=O) groups is 1. The molecule has 1 atom stereocenters. The van der Waals surface area contributed by atoms with Gasteiger partial charge < -0.3 is 15.5 Å². The van der Waals surface area contributed by atoms with Crippen molar-refractivity contribution in [1.29, 1.82) is 0 Å². The summed E-state index contributed by atoms with van der Waals surface area (Å²) >= 11 is 0. The number of nitrogens with one attached hydrogen (secondary N) is 2. The number of amides is 1. The van der Waals surface area contributed by atoms with E-state index in [0.717, 1.165) is 38.9 Å². The van der Waals surface area contributed by atoms with E-state index in [2.05, 4.69) is 39.7 Å². The topological polar surface area (TPSA) is 75.1 Å². The lowest BCUT2D eigenvalue weighted by Gasteiger charge is -2.23. The Morgan fingerprint density at radius 2 is 2.13 bits per heavy atom.